The van der Waals surface area contributed by atoms with Gasteiger partial charge in [0.25, 0.3) is 0 Å². The smallest absolute Gasteiger partial charge is 0.303 e. The van der Waals surface area contributed by atoms with Crippen molar-refractivity contribution in [3.63, 3.8) is 0 Å². The Morgan fingerprint density at radius 3 is 2.66 bits per heavy atom. The maximum Gasteiger partial charge on any atom is 0.303 e. The molecule has 0 amide bonds. The molecule has 0 fully saturated rings. The number of aliphatic carboxylic acids is 1. The van der Waals surface area contributed by atoms with E-state index in [1.54, 1.807) is 0 Å². The van der Waals surface area contributed by atoms with Gasteiger partial charge in [-0.15, -0.1) is 0 Å². The summed E-state index contributed by atoms with van der Waals surface area (Å²) >= 11 is 7.16. The lowest BCUT2D eigenvalue weighted by Crippen LogP contribution is -2.27. The van der Waals surface area contributed by atoms with Crippen LogP contribution in [0.4, 0.5) is 11.4 Å². The number of halogens is 1. The molecule has 1 aliphatic heterocycles. The number of benzene rings is 3. The van der Waals surface area contributed by atoms with Crippen molar-refractivity contribution >= 4 is 45.8 Å². The number of aryl methyl sites for hydroxylation is 1. The Balaban J connectivity index is 1.22. The number of carboxylic acid groups (broad SMARTS) is 1. The first kappa shape index (κ1) is 35.8. The summed E-state index contributed by atoms with van der Waals surface area (Å²) in [4.78, 5) is 13.6. The summed E-state index contributed by atoms with van der Waals surface area (Å²) in [7, 11) is 0. The highest BCUT2D eigenvalue weighted by Crippen LogP contribution is 2.51. The number of nitrogen functional groups attached to an aromatic ring is 1. The van der Waals surface area contributed by atoms with Gasteiger partial charge in [0, 0.05) is 40.5 Å². The van der Waals surface area contributed by atoms with E-state index in [1.165, 1.54) is 55.6 Å². The van der Waals surface area contributed by atoms with Crippen LogP contribution in [0.3, 0.4) is 0 Å². The largest absolute Gasteiger partial charge is 0.481 e. The van der Waals surface area contributed by atoms with Gasteiger partial charge in [0.05, 0.1) is 0 Å². The van der Waals surface area contributed by atoms with Crippen LogP contribution < -0.4 is 10.6 Å². The van der Waals surface area contributed by atoms with E-state index >= 15 is 0 Å². The zero-order chi connectivity index (χ0) is 35.5. The molecule has 1 heterocycles. The fraction of sp³-hybridized carbons (Fsp3) is 0.400. The molecule has 3 aromatic rings. The van der Waals surface area contributed by atoms with E-state index < -0.39 is 5.97 Å². The number of rotatable bonds is 12. The van der Waals surface area contributed by atoms with Crippen LogP contribution in [0.2, 0.25) is 0 Å². The number of carboxylic acids is 1. The Hall–Kier alpha value is -4.02. The number of anilines is 2. The average Bonchev–Trinajstić information content (AvgIpc) is 3.31. The van der Waals surface area contributed by atoms with E-state index in [-0.39, 0.29) is 17.3 Å². The molecule has 50 heavy (non-hydrogen) atoms. The summed E-state index contributed by atoms with van der Waals surface area (Å²) in [5.74, 6) is -0.722. The van der Waals surface area contributed by atoms with Crippen molar-refractivity contribution in [3.05, 3.63) is 123 Å². The zero-order valence-electron chi connectivity index (χ0n) is 30.3. The SMILES string of the molecule is CC(C)(CC/C=C/C1=C(Cl)C(=C/C=C2\N(CCCCCC(=O)O)c3ccc4ccccc4c3C2(C)C)/CCC1)c1c(N)ccc2c1C=CCC2. The van der Waals surface area contributed by atoms with Gasteiger partial charge in [0.15, 0.2) is 0 Å². The number of unbranched alkanes of at least 4 members (excludes halogenated alkanes) is 2. The maximum absolute atomic E-state index is 11.1. The van der Waals surface area contributed by atoms with Gasteiger partial charge in [-0.3, -0.25) is 4.79 Å². The van der Waals surface area contributed by atoms with Gasteiger partial charge in [-0.2, -0.15) is 0 Å². The predicted octanol–water partition coefficient (Wildman–Crippen LogP) is 11.9. The van der Waals surface area contributed by atoms with Gasteiger partial charge < -0.3 is 15.7 Å². The second kappa shape index (κ2) is 15.1. The molecule has 0 unspecified atom stereocenters. The lowest BCUT2D eigenvalue weighted by atomic mass is 9.75. The van der Waals surface area contributed by atoms with Crippen LogP contribution in [0.25, 0.3) is 16.8 Å². The van der Waals surface area contributed by atoms with Gasteiger partial charge in [0.1, 0.15) is 0 Å². The first-order valence-corrected chi connectivity index (χ1v) is 18.9. The normalized spacial score (nSPS) is 18.9. The van der Waals surface area contributed by atoms with E-state index in [0.717, 1.165) is 75.1 Å². The summed E-state index contributed by atoms with van der Waals surface area (Å²) in [6, 6.07) is 17.4. The number of nitrogens with two attached hydrogens (primary N) is 1. The minimum Gasteiger partial charge on any atom is -0.481 e. The van der Waals surface area contributed by atoms with Gasteiger partial charge >= 0.3 is 5.97 Å². The highest BCUT2D eigenvalue weighted by molar-refractivity contribution is 6.32. The first-order valence-electron chi connectivity index (χ1n) is 18.6. The van der Waals surface area contributed by atoms with E-state index in [1.807, 2.05) is 0 Å². The molecule has 0 saturated carbocycles. The highest BCUT2D eigenvalue weighted by atomic mass is 35.5. The number of carbonyl (C=O) groups is 1. The van der Waals surface area contributed by atoms with Crippen LogP contribution in [0.15, 0.2) is 101 Å². The molecular weight excluding hydrogens is 636 g/mol. The van der Waals surface area contributed by atoms with Gasteiger partial charge in [-0.1, -0.05) is 112 Å². The third-order valence-electron chi connectivity index (χ3n) is 11.1. The Kier molecular flexibility index (Phi) is 10.8. The third-order valence-corrected chi connectivity index (χ3v) is 11.6. The second-order valence-corrected chi connectivity index (χ2v) is 15.8. The second-order valence-electron chi connectivity index (χ2n) is 15.5. The minimum atomic E-state index is -0.722. The van der Waals surface area contributed by atoms with Crippen molar-refractivity contribution in [1.29, 1.82) is 0 Å². The molecule has 2 aliphatic carbocycles. The quantitative estimate of drug-likeness (QED) is 0.147. The van der Waals surface area contributed by atoms with E-state index in [0.29, 0.717) is 6.42 Å². The van der Waals surface area contributed by atoms with E-state index in [2.05, 4.69) is 118 Å². The minimum absolute atomic E-state index is 0.0391. The van der Waals surface area contributed by atoms with Gasteiger partial charge in [0.2, 0.25) is 0 Å². The van der Waals surface area contributed by atoms with Crippen LogP contribution >= 0.6 is 11.6 Å². The van der Waals surface area contributed by atoms with E-state index in [9.17, 15) is 4.79 Å². The summed E-state index contributed by atoms with van der Waals surface area (Å²) in [5.41, 5.74) is 17.5. The average molecular weight is 689 g/mol. The lowest BCUT2D eigenvalue weighted by Gasteiger charge is -2.30. The van der Waals surface area contributed by atoms with Gasteiger partial charge in [-0.05, 0) is 126 Å². The van der Waals surface area contributed by atoms with Crippen LogP contribution in [0, 0.1) is 0 Å². The molecule has 3 aromatic carbocycles. The Labute approximate surface area is 304 Å². The summed E-state index contributed by atoms with van der Waals surface area (Å²) in [6.45, 7) is 10.2. The molecule has 0 spiro atoms. The van der Waals surface area contributed by atoms with Crippen LogP contribution in [0.5, 0.6) is 0 Å². The number of hydrogen-bond acceptors (Lipinski definition) is 3. The maximum atomic E-state index is 11.1. The van der Waals surface area contributed by atoms with Crippen LogP contribution in [-0.4, -0.2) is 17.6 Å². The molecule has 0 aromatic heterocycles. The fourth-order valence-electron chi connectivity index (χ4n) is 8.46. The van der Waals surface area contributed by atoms with Crippen molar-refractivity contribution in [3.8, 4) is 0 Å². The van der Waals surface area contributed by atoms with Crippen molar-refractivity contribution < 1.29 is 9.90 Å². The standard InChI is InChI=1S/C45H53ClN2O2/c1-44(2,41-35-20-9-7-15-31(35)23-26-37(41)47)29-12-11-17-33-18-14-19-34(43(33)46)25-28-39-45(3,4)42-36-21-10-8-16-32(36)24-27-38(42)48(39)30-13-5-6-22-40(49)50/h8-11,16-17,20-21,23-28H,5-7,12-15,18-19,22,29-30,47H2,1-4H3,(H,49,50)/b17-11+,34-25+,39-28-. The molecule has 5 heteroatoms. The zero-order valence-corrected chi connectivity index (χ0v) is 31.1. The van der Waals surface area contributed by atoms with E-state index in [4.69, 9.17) is 22.4 Å². The van der Waals surface area contributed by atoms with Gasteiger partial charge in [-0.25, -0.2) is 0 Å². The van der Waals surface area contributed by atoms with Crippen molar-refractivity contribution in [2.24, 2.45) is 0 Å². The Morgan fingerprint density at radius 2 is 1.84 bits per heavy atom. The van der Waals surface area contributed by atoms with Crippen molar-refractivity contribution in [2.75, 3.05) is 17.2 Å². The number of fused-ring (bicyclic) bond motifs is 4. The Bertz CT molecular complexity index is 1920. The molecule has 6 rings (SSSR count). The monoisotopic (exact) mass is 688 g/mol. The summed E-state index contributed by atoms with van der Waals surface area (Å²) in [6.07, 6.45) is 23.6. The molecular formula is C45H53ClN2O2. The first-order chi connectivity index (χ1) is 24.0. The molecule has 3 N–H and O–H groups in total. The van der Waals surface area contributed by atoms with Crippen LogP contribution in [0.1, 0.15) is 114 Å². The van der Waals surface area contributed by atoms with Crippen molar-refractivity contribution in [1.82, 2.24) is 0 Å². The Morgan fingerprint density at radius 1 is 1.02 bits per heavy atom. The highest BCUT2D eigenvalue weighted by Gasteiger charge is 2.41. The lowest BCUT2D eigenvalue weighted by molar-refractivity contribution is -0.137. The molecule has 3 aliphatic rings. The van der Waals surface area contributed by atoms with Crippen molar-refractivity contribution in [2.45, 2.75) is 109 Å². The number of nitrogens with zero attached hydrogens (tertiary/aromatic N) is 1. The number of hydrogen-bond donors (Lipinski definition) is 2. The fourth-order valence-corrected chi connectivity index (χ4v) is 8.78. The number of allylic oxidation sites excluding steroid dienone is 9. The molecule has 0 bridgehead atoms. The predicted molar refractivity (Wildman–Crippen MR) is 213 cm³/mol. The molecule has 0 atom stereocenters. The molecule has 262 valence electrons. The summed E-state index contributed by atoms with van der Waals surface area (Å²) < 4.78 is 0. The van der Waals surface area contributed by atoms with Crippen LogP contribution in [-0.2, 0) is 22.0 Å². The summed E-state index contributed by atoms with van der Waals surface area (Å²) in [5, 5.41) is 12.6. The molecule has 4 nitrogen and oxygen atoms in total. The molecule has 0 saturated heterocycles. The molecule has 0 radical (unpaired) electrons. The topological polar surface area (TPSA) is 66.6 Å². The third kappa shape index (κ3) is 7.37.